The summed E-state index contributed by atoms with van der Waals surface area (Å²) in [6, 6.07) is 15.3. The van der Waals surface area contributed by atoms with Crippen LogP contribution in [0.15, 0.2) is 55.1 Å². The zero-order chi connectivity index (χ0) is 23.1. The first-order chi connectivity index (χ1) is 15.4. The van der Waals surface area contributed by atoms with Gasteiger partial charge in [0.1, 0.15) is 0 Å². The van der Waals surface area contributed by atoms with Gasteiger partial charge in [0.25, 0.3) is 11.8 Å². The molecule has 1 saturated heterocycles. The molecule has 0 radical (unpaired) electrons. The van der Waals surface area contributed by atoms with Gasteiger partial charge in [-0.2, -0.15) is 0 Å². The summed E-state index contributed by atoms with van der Waals surface area (Å²) in [4.78, 5) is 55.2. The Balaban J connectivity index is 1.77. The van der Waals surface area contributed by atoms with E-state index < -0.39 is 17.8 Å². The molecule has 0 aromatic heterocycles. The van der Waals surface area contributed by atoms with E-state index in [1.807, 2.05) is 55.5 Å². The third-order valence-corrected chi connectivity index (χ3v) is 5.31. The Hall–Kier alpha value is -3.74. The van der Waals surface area contributed by atoms with Crippen molar-refractivity contribution >= 4 is 35.5 Å². The van der Waals surface area contributed by atoms with Crippen LogP contribution in [0.2, 0.25) is 0 Å². The molecule has 0 atom stereocenters. The monoisotopic (exact) mass is 434 g/mol. The average molecular weight is 434 g/mol. The molecule has 2 aromatic carbocycles. The summed E-state index contributed by atoms with van der Waals surface area (Å²) in [6.07, 6.45) is 2.16. The third-order valence-electron chi connectivity index (χ3n) is 5.31. The number of hydrogen-bond acceptors (Lipinski definition) is 5. The molecule has 0 aliphatic carbocycles. The maximum absolute atomic E-state index is 13.2. The van der Waals surface area contributed by atoms with E-state index in [0.29, 0.717) is 11.6 Å². The molecule has 0 spiro atoms. The summed E-state index contributed by atoms with van der Waals surface area (Å²) in [5.41, 5.74) is 3.63. The fourth-order valence-corrected chi connectivity index (χ4v) is 3.58. The summed E-state index contributed by atoms with van der Waals surface area (Å²) in [6.45, 7) is 6.18. The van der Waals surface area contributed by atoms with Crippen molar-refractivity contribution in [3.8, 4) is 0 Å². The number of aryl methyl sites for hydroxylation is 1. The summed E-state index contributed by atoms with van der Waals surface area (Å²) in [7, 11) is 0. The second kappa shape index (κ2) is 10.5. The van der Waals surface area contributed by atoms with Crippen LogP contribution < -0.4 is 4.90 Å². The predicted molar refractivity (Wildman–Crippen MR) is 120 cm³/mol. The maximum atomic E-state index is 13.2. The molecule has 0 unspecified atom stereocenters. The molecular weight excluding hydrogens is 408 g/mol. The first-order valence-electron chi connectivity index (χ1n) is 10.6. The molecule has 3 amide bonds. The van der Waals surface area contributed by atoms with E-state index in [9.17, 15) is 19.2 Å². The lowest BCUT2D eigenvalue weighted by molar-refractivity contribution is -0.197. The maximum Gasteiger partial charge on any atom is 0.333 e. The van der Waals surface area contributed by atoms with Crippen LogP contribution in [0, 0.1) is 0 Å². The van der Waals surface area contributed by atoms with E-state index in [4.69, 9.17) is 4.84 Å². The highest BCUT2D eigenvalue weighted by atomic mass is 16.7. The highest BCUT2D eigenvalue weighted by Crippen LogP contribution is 2.26. The molecule has 7 nitrogen and oxygen atoms in total. The Morgan fingerprint density at radius 2 is 1.62 bits per heavy atom. The molecule has 0 N–H and O–H groups in total. The highest BCUT2D eigenvalue weighted by Gasteiger charge is 2.33. The summed E-state index contributed by atoms with van der Waals surface area (Å²) in [5.74, 6) is -2.15. The second-order valence-corrected chi connectivity index (χ2v) is 7.41. The van der Waals surface area contributed by atoms with Crippen LogP contribution in [0.1, 0.15) is 49.3 Å². The van der Waals surface area contributed by atoms with Gasteiger partial charge in [0.15, 0.2) is 0 Å². The van der Waals surface area contributed by atoms with E-state index in [1.165, 1.54) is 0 Å². The van der Waals surface area contributed by atoms with Gasteiger partial charge in [-0.1, -0.05) is 62.0 Å². The Morgan fingerprint density at radius 3 is 2.28 bits per heavy atom. The van der Waals surface area contributed by atoms with Gasteiger partial charge in [-0.15, -0.1) is 5.06 Å². The lowest BCUT2D eigenvalue weighted by atomic mass is 10.0. The van der Waals surface area contributed by atoms with Gasteiger partial charge in [-0.3, -0.25) is 14.4 Å². The summed E-state index contributed by atoms with van der Waals surface area (Å²) >= 11 is 0. The van der Waals surface area contributed by atoms with Gasteiger partial charge < -0.3 is 9.74 Å². The lowest BCUT2D eigenvalue weighted by Crippen LogP contribution is -2.34. The Labute approximate surface area is 187 Å². The zero-order valence-electron chi connectivity index (χ0n) is 18.1. The van der Waals surface area contributed by atoms with Crippen LogP contribution >= 0.6 is 0 Å². The van der Waals surface area contributed by atoms with Crippen LogP contribution in [-0.4, -0.2) is 28.8 Å². The summed E-state index contributed by atoms with van der Waals surface area (Å²) in [5, 5.41) is 0.497. The van der Waals surface area contributed by atoms with Gasteiger partial charge in [-0.25, -0.2) is 4.79 Å². The van der Waals surface area contributed by atoms with Crippen molar-refractivity contribution in [3.05, 3.63) is 71.8 Å². The van der Waals surface area contributed by atoms with Crippen LogP contribution in [0.3, 0.4) is 0 Å². The summed E-state index contributed by atoms with van der Waals surface area (Å²) < 4.78 is 0. The van der Waals surface area contributed by atoms with Crippen molar-refractivity contribution < 1.29 is 24.0 Å². The minimum Gasteiger partial charge on any atom is -0.330 e. The standard InChI is InChI=1S/C25H26N2O5/c1-3-18-9-5-6-11-20(18)17-26(21-12-8-7-10-19(21)4-2)22(28)15-16-25(31)32-27-23(29)13-14-24(27)30/h3,5-12H,1,4,13-17H2,2H3. The number of amides is 3. The minimum absolute atomic E-state index is 0.0232. The first kappa shape index (κ1) is 22.9. The topological polar surface area (TPSA) is 84.0 Å². The number of benzene rings is 2. The first-order valence-corrected chi connectivity index (χ1v) is 10.6. The molecule has 1 fully saturated rings. The van der Waals surface area contributed by atoms with Crippen molar-refractivity contribution in [2.45, 2.75) is 45.6 Å². The number of hydrogen-bond donors (Lipinski definition) is 0. The van der Waals surface area contributed by atoms with Crippen molar-refractivity contribution in [1.29, 1.82) is 0 Å². The number of carbonyl (C=O) groups is 4. The molecule has 32 heavy (non-hydrogen) atoms. The van der Waals surface area contributed by atoms with Crippen LogP contribution in [-0.2, 0) is 37.0 Å². The molecule has 1 heterocycles. The number of anilines is 1. The van der Waals surface area contributed by atoms with E-state index in [0.717, 1.165) is 28.8 Å². The average Bonchev–Trinajstić information content (AvgIpc) is 3.13. The second-order valence-electron chi connectivity index (χ2n) is 7.41. The van der Waals surface area contributed by atoms with E-state index in [1.54, 1.807) is 11.0 Å². The van der Waals surface area contributed by atoms with E-state index in [-0.39, 0.29) is 31.6 Å². The minimum atomic E-state index is -0.794. The van der Waals surface area contributed by atoms with Crippen molar-refractivity contribution in [2.75, 3.05) is 4.90 Å². The molecule has 1 aliphatic heterocycles. The quantitative estimate of drug-likeness (QED) is 0.561. The SMILES string of the molecule is C=Cc1ccccc1CN(C(=O)CCC(=O)ON1C(=O)CCC1=O)c1ccccc1CC. The number of nitrogens with zero attached hydrogens (tertiary/aromatic N) is 2. The molecule has 7 heteroatoms. The largest absolute Gasteiger partial charge is 0.333 e. The fraction of sp³-hybridized carbons (Fsp3) is 0.280. The molecule has 0 saturated carbocycles. The number of para-hydroxylation sites is 1. The fourth-order valence-electron chi connectivity index (χ4n) is 3.58. The van der Waals surface area contributed by atoms with Crippen molar-refractivity contribution in [3.63, 3.8) is 0 Å². The van der Waals surface area contributed by atoms with Crippen LogP contribution in [0.25, 0.3) is 6.08 Å². The highest BCUT2D eigenvalue weighted by molar-refractivity contribution is 6.02. The predicted octanol–water partition coefficient (Wildman–Crippen LogP) is 3.81. The van der Waals surface area contributed by atoms with Gasteiger partial charge in [0.2, 0.25) is 5.91 Å². The number of imide groups is 1. The number of carbonyl (C=O) groups excluding carboxylic acids is 4. The Morgan fingerprint density at radius 1 is 1.00 bits per heavy atom. The smallest absolute Gasteiger partial charge is 0.330 e. The van der Waals surface area contributed by atoms with E-state index >= 15 is 0 Å². The Bertz CT molecular complexity index is 1030. The van der Waals surface area contributed by atoms with Crippen LogP contribution in [0.5, 0.6) is 0 Å². The van der Waals surface area contributed by atoms with Crippen molar-refractivity contribution in [1.82, 2.24) is 5.06 Å². The normalized spacial score (nSPS) is 13.2. The van der Waals surface area contributed by atoms with Crippen LogP contribution in [0.4, 0.5) is 5.69 Å². The zero-order valence-corrected chi connectivity index (χ0v) is 18.1. The number of hydroxylamine groups is 2. The lowest BCUT2D eigenvalue weighted by Gasteiger charge is -2.26. The molecule has 166 valence electrons. The van der Waals surface area contributed by atoms with E-state index in [2.05, 4.69) is 6.58 Å². The van der Waals surface area contributed by atoms with Gasteiger partial charge in [0.05, 0.1) is 13.0 Å². The molecule has 2 aromatic rings. The van der Waals surface area contributed by atoms with Crippen molar-refractivity contribution in [2.24, 2.45) is 0 Å². The molecular formula is C25H26N2O5. The Kier molecular flexibility index (Phi) is 7.54. The molecule has 0 bridgehead atoms. The molecule has 1 aliphatic rings. The third kappa shape index (κ3) is 5.29. The van der Waals surface area contributed by atoms with Gasteiger partial charge in [-0.05, 0) is 29.2 Å². The van der Waals surface area contributed by atoms with Gasteiger partial charge in [0, 0.05) is 24.9 Å². The van der Waals surface area contributed by atoms with Gasteiger partial charge >= 0.3 is 5.97 Å². The number of rotatable bonds is 9. The molecule has 3 rings (SSSR count).